The van der Waals surface area contributed by atoms with Crippen molar-refractivity contribution in [2.75, 3.05) is 6.61 Å². The van der Waals surface area contributed by atoms with Crippen LogP contribution in [0.4, 0.5) is 13.2 Å². The molecule has 0 aromatic heterocycles. The van der Waals surface area contributed by atoms with E-state index in [-0.39, 0.29) is 6.61 Å². The number of hydrogen-bond donors (Lipinski definition) is 0. The Morgan fingerprint density at radius 2 is 2.08 bits per heavy atom. The first kappa shape index (κ1) is 11.8. The van der Waals surface area contributed by atoms with Gasteiger partial charge < -0.3 is 4.74 Å². The van der Waals surface area contributed by atoms with Gasteiger partial charge in [-0.1, -0.05) is 23.3 Å². The average molecular weight is 203 g/mol. The van der Waals surface area contributed by atoms with Crippen LogP contribution in [0.15, 0.2) is 11.6 Å². The predicted molar refractivity (Wildman–Crippen MR) is 41.1 cm³/mol. The molecule has 12 heavy (non-hydrogen) atoms. The molecule has 0 aliphatic carbocycles. The Morgan fingerprint density at radius 3 is 2.42 bits per heavy atom. The monoisotopic (exact) mass is 202 g/mol. The molecule has 0 N–H and O–H groups in total. The van der Waals surface area contributed by atoms with Gasteiger partial charge in [0.2, 0.25) is 0 Å². The standard InChI is InChI=1S/C7H10ClF3O/c1-5(2)3-4-12-7(10,11)6(8)9/h3,6H,4H2,1-2H3. The van der Waals surface area contributed by atoms with Crippen LogP contribution in [0.25, 0.3) is 0 Å². The summed E-state index contributed by atoms with van der Waals surface area (Å²) in [6.45, 7) is 3.09. The highest BCUT2D eigenvalue weighted by Gasteiger charge is 2.39. The molecule has 0 bridgehead atoms. The lowest BCUT2D eigenvalue weighted by Gasteiger charge is -2.15. The Kier molecular flexibility index (Phi) is 4.63. The van der Waals surface area contributed by atoms with Crippen molar-refractivity contribution in [3.05, 3.63) is 11.6 Å². The van der Waals surface area contributed by atoms with Gasteiger partial charge in [-0.05, 0) is 13.8 Å². The molecule has 0 aromatic rings. The lowest BCUT2D eigenvalue weighted by molar-refractivity contribution is -0.250. The molecule has 0 fully saturated rings. The summed E-state index contributed by atoms with van der Waals surface area (Å²) < 4.78 is 40.2. The zero-order chi connectivity index (χ0) is 9.78. The van der Waals surface area contributed by atoms with Gasteiger partial charge in [0, 0.05) is 0 Å². The van der Waals surface area contributed by atoms with Crippen molar-refractivity contribution in [1.82, 2.24) is 0 Å². The normalized spacial score (nSPS) is 14.2. The zero-order valence-corrected chi connectivity index (χ0v) is 7.54. The van der Waals surface area contributed by atoms with E-state index in [1.807, 2.05) is 0 Å². The Hall–Kier alpha value is -0.220. The van der Waals surface area contributed by atoms with E-state index in [9.17, 15) is 13.2 Å². The van der Waals surface area contributed by atoms with Crippen LogP contribution in [0.5, 0.6) is 0 Å². The molecule has 1 atom stereocenters. The van der Waals surface area contributed by atoms with E-state index in [2.05, 4.69) is 16.3 Å². The minimum Gasteiger partial charge on any atom is -0.313 e. The smallest absolute Gasteiger partial charge is 0.313 e. The third kappa shape index (κ3) is 4.62. The van der Waals surface area contributed by atoms with Crippen molar-refractivity contribution in [1.29, 1.82) is 0 Å². The lowest BCUT2D eigenvalue weighted by Crippen LogP contribution is -2.29. The molecule has 0 heterocycles. The van der Waals surface area contributed by atoms with Crippen molar-refractivity contribution >= 4 is 11.6 Å². The number of rotatable bonds is 4. The molecule has 0 spiro atoms. The number of allylic oxidation sites excluding steroid dienone is 1. The highest BCUT2D eigenvalue weighted by molar-refractivity contribution is 6.20. The quantitative estimate of drug-likeness (QED) is 0.503. The molecule has 1 nitrogen and oxygen atoms in total. The molecule has 1 unspecified atom stereocenters. The van der Waals surface area contributed by atoms with Gasteiger partial charge in [0.05, 0.1) is 6.61 Å². The van der Waals surface area contributed by atoms with Gasteiger partial charge in [-0.3, -0.25) is 0 Å². The van der Waals surface area contributed by atoms with E-state index in [0.717, 1.165) is 5.57 Å². The average Bonchev–Trinajstić information content (AvgIpc) is 1.85. The highest BCUT2D eigenvalue weighted by atomic mass is 35.5. The third-order valence-electron chi connectivity index (χ3n) is 1.02. The summed E-state index contributed by atoms with van der Waals surface area (Å²) in [5.41, 5.74) is -1.99. The van der Waals surface area contributed by atoms with E-state index in [1.165, 1.54) is 6.08 Å². The molecule has 5 heteroatoms. The molecule has 72 valence electrons. The first-order valence-corrected chi connectivity index (χ1v) is 3.73. The maximum absolute atomic E-state index is 12.2. The molecule has 0 amide bonds. The number of hydrogen-bond acceptors (Lipinski definition) is 1. The molecule has 0 saturated heterocycles. The molecular formula is C7H10ClF3O. The molecule has 0 saturated carbocycles. The SMILES string of the molecule is CC(C)=CCOC(F)(F)C(F)Cl. The van der Waals surface area contributed by atoms with Crippen molar-refractivity contribution < 1.29 is 17.9 Å². The number of alkyl halides is 4. The second-order valence-electron chi connectivity index (χ2n) is 2.45. The van der Waals surface area contributed by atoms with E-state index in [4.69, 9.17) is 0 Å². The molecule has 0 aliphatic heterocycles. The van der Waals surface area contributed by atoms with Crippen molar-refractivity contribution in [3.8, 4) is 0 Å². The van der Waals surface area contributed by atoms with Crippen LogP contribution in [0.3, 0.4) is 0 Å². The van der Waals surface area contributed by atoms with Gasteiger partial charge in [-0.25, -0.2) is 4.39 Å². The Labute approximate surface area is 74.2 Å². The van der Waals surface area contributed by atoms with Crippen molar-refractivity contribution in [2.45, 2.75) is 25.6 Å². The van der Waals surface area contributed by atoms with Gasteiger partial charge in [-0.2, -0.15) is 8.78 Å². The largest absolute Gasteiger partial charge is 0.401 e. The van der Waals surface area contributed by atoms with Crippen LogP contribution in [0, 0.1) is 0 Å². The fraction of sp³-hybridized carbons (Fsp3) is 0.714. The van der Waals surface area contributed by atoms with E-state index >= 15 is 0 Å². The van der Waals surface area contributed by atoms with E-state index < -0.39 is 11.7 Å². The molecule has 0 radical (unpaired) electrons. The lowest BCUT2D eigenvalue weighted by atomic mass is 10.3. The fourth-order valence-corrected chi connectivity index (χ4v) is 0.445. The summed E-state index contributed by atoms with van der Waals surface area (Å²) in [7, 11) is 0. The summed E-state index contributed by atoms with van der Waals surface area (Å²) in [5, 5.41) is 0. The first-order chi connectivity index (χ1) is 5.36. The summed E-state index contributed by atoms with van der Waals surface area (Å²) in [6, 6.07) is 0. The second-order valence-corrected chi connectivity index (χ2v) is 2.84. The van der Waals surface area contributed by atoms with Crippen LogP contribution in [-0.2, 0) is 4.74 Å². The Bertz CT molecular complexity index is 164. The van der Waals surface area contributed by atoms with Crippen LogP contribution < -0.4 is 0 Å². The Morgan fingerprint density at radius 1 is 1.58 bits per heavy atom. The summed E-state index contributed by atoms with van der Waals surface area (Å²) in [5.74, 6) is 0. The van der Waals surface area contributed by atoms with Gasteiger partial charge >= 0.3 is 6.11 Å². The highest BCUT2D eigenvalue weighted by Crippen LogP contribution is 2.25. The minimum atomic E-state index is -3.91. The molecule has 0 rings (SSSR count). The molecular weight excluding hydrogens is 193 g/mol. The van der Waals surface area contributed by atoms with Crippen LogP contribution in [-0.4, -0.2) is 18.3 Å². The zero-order valence-electron chi connectivity index (χ0n) is 6.78. The maximum Gasteiger partial charge on any atom is 0.401 e. The number of halogens is 4. The third-order valence-corrected chi connectivity index (χ3v) is 1.28. The minimum absolute atomic E-state index is 0.345. The topological polar surface area (TPSA) is 9.23 Å². The van der Waals surface area contributed by atoms with Gasteiger partial charge in [0.15, 0.2) is 0 Å². The summed E-state index contributed by atoms with van der Waals surface area (Å²) in [4.78, 5) is 0. The number of ether oxygens (including phenoxy) is 1. The van der Waals surface area contributed by atoms with Crippen molar-refractivity contribution in [3.63, 3.8) is 0 Å². The van der Waals surface area contributed by atoms with Crippen LogP contribution in [0.1, 0.15) is 13.8 Å². The predicted octanol–water partition coefficient (Wildman–Crippen LogP) is 3.10. The van der Waals surface area contributed by atoms with Gasteiger partial charge in [0.1, 0.15) is 0 Å². The summed E-state index contributed by atoms with van der Waals surface area (Å²) >= 11 is 4.52. The molecule has 0 aliphatic rings. The van der Waals surface area contributed by atoms with Crippen LogP contribution >= 0.6 is 11.6 Å². The fourth-order valence-electron chi connectivity index (χ4n) is 0.382. The van der Waals surface area contributed by atoms with Crippen LogP contribution in [0.2, 0.25) is 0 Å². The Balaban J connectivity index is 3.84. The molecule has 0 aromatic carbocycles. The van der Waals surface area contributed by atoms with Crippen molar-refractivity contribution in [2.24, 2.45) is 0 Å². The van der Waals surface area contributed by atoms with E-state index in [1.54, 1.807) is 13.8 Å². The summed E-state index contributed by atoms with van der Waals surface area (Å²) in [6.07, 6.45) is -2.50. The first-order valence-electron chi connectivity index (χ1n) is 3.29. The van der Waals surface area contributed by atoms with E-state index in [0.29, 0.717) is 0 Å². The van der Waals surface area contributed by atoms with Gasteiger partial charge in [-0.15, -0.1) is 0 Å². The van der Waals surface area contributed by atoms with Gasteiger partial charge in [0.25, 0.3) is 5.63 Å². The maximum atomic E-state index is 12.2. The second kappa shape index (κ2) is 4.72.